The van der Waals surface area contributed by atoms with E-state index in [0.29, 0.717) is 37.8 Å². The maximum atomic E-state index is 11.0. The van der Waals surface area contributed by atoms with E-state index in [1.165, 1.54) is 17.3 Å². The van der Waals surface area contributed by atoms with E-state index in [1.54, 1.807) is 12.3 Å². The SMILES string of the molecule is C=NN(/C=C\C)c1cc([N+](=O)[O-])cnc1N1CCOCC1. The summed E-state index contributed by atoms with van der Waals surface area (Å²) in [6.07, 6.45) is 4.71. The summed E-state index contributed by atoms with van der Waals surface area (Å²) in [5, 5.41) is 16.3. The molecule has 1 aromatic heterocycles. The summed E-state index contributed by atoms with van der Waals surface area (Å²) >= 11 is 0. The highest BCUT2D eigenvalue weighted by Crippen LogP contribution is 2.31. The predicted molar refractivity (Wildman–Crippen MR) is 80.8 cm³/mol. The van der Waals surface area contributed by atoms with Crippen molar-refractivity contribution in [3.8, 4) is 0 Å². The van der Waals surface area contributed by atoms with Crippen LogP contribution in [0.25, 0.3) is 0 Å². The number of nitro groups is 1. The van der Waals surface area contributed by atoms with Crippen molar-refractivity contribution in [2.45, 2.75) is 6.92 Å². The summed E-state index contributed by atoms with van der Waals surface area (Å²) in [7, 11) is 0. The molecule has 2 rings (SSSR count). The number of ether oxygens (including phenoxy) is 1. The molecule has 1 aliphatic heterocycles. The van der Waals surface area contributed by atoms with Gasteiger partial charge >= 0.3 is 0 Å². The quantitative estimate of drug-likeness (QED) is 0.467. The number of hydrogen-bond donors (Lipinski definition) is 0. The van der Waals surface area contributed by atoms with Crippen LogP contribution in [0.15, 0.2) is 29.6 Å². The van der Waals surface area contributed by atoms with Crippen molar-refractivity contribution in [2.24, 2.45) is 5.10 Å². The van der Waals surface area contributed by atoms with Gasteiger partial charge in [0.1, 0.15) is 11.9 Å². The number of hydrogen-bond acceptors (Lipinski definition) is 7. The highest BCUT2D eigenvalue weighted by atomic mass is 16.6. The Labute approximate surface area is 122 Å². The van der Waals surface area contributed by atoms with E-state index >= 15 is 0 Å². The van der Waals surface area contributed by atoms with Crippen LogP contribution in [0.4, 0.5) is 17.2 Å². The minimum absolute atomic E-state index is 0.0832. The first kappa shape index (κ1) is 14.9. The van der Waals surface area contributed by atoms with Crippen molar-refractivity contribution in [1.82, 2.24) is 4.98 Å². The van der Waals surface area contributed by atoms with Gasteiger partial charge in [-0.15, -0.1) is 0 Å². The largest absolute Gasteiger partial charge is 0.378 e. The third-order valence-corrected chi connectivity index (χ3v) is 3.04. The van der Waals surface area contributed by atoms with Gasteiger partial charge in [0.2, 0.25) is 0 Å². The molecule has 0 bridgehead atoms. The third kappa shape index (κ3) is 3.34. The number of aromatic nitrogens is 1. The zero-order chi connectivity index (χ0) is 15.2. The summed E-state index contributed by atoms with van der Waals surface area (Å²) in [6.45, 7) is 7.89. The smallest absolute Gasteiger partial charge is 0.289 e. The first-order valence-corrected chi connectivity index (χ1v) is 6.53. The fraction of sp³-hybridized carbons (Fsp3) is 0.385. The molecule has 0 unspecified atom stereocenters. The van der Waals surface area contributed by atoms with Crippen molar-refractivity contribution in [2.75, 3.05) is 36.2 Å². The Kier molecular flexibility index (Phi) is 4.83. The zero-order valence-electron chi connectivity index (χ0n) is 11.8. The molecule has 0 spiro atoms. The molecule has 0 saturated carbocycles. The summed E-state index contributed by atoms with van der Waals surface area (Å²) in [6, 6.07) is 1.45. The van der Waals surface area contributed by atoms with Gasteiger partial charge in [-0.3, -0.25) is 10.1 Å². The van der Waals surface area contributed by atoms with Gasteiger partial charge < -0.3 is 9.64 Å². The fourth-order valence-electron chi connectivity index (χ4n) is 2.07. The van der Waals surface area contributed by atoms with Crippen LogP contribution in [0.5, 0.6) is 0 Å². The Morgan fingerprint density at radius 1 is 1.57 bits per heavy atom. The second-order valence-corrected chi connectivity index (χ2v) is 4.36. The van der Waals surface area contributed by atoms with Gasteiger partial charge in [-0.25, -0.2) is 9.99 Å². The Morgan fingerprint density at radius 2 is 2.29 bits per heavy atom. The van der Waals surface area contributed by atoms with Crippen molar-refractivity contribution in [1.29, 1.82) is 0 Å². The van der Waals surface area contributed by atoms with Crippen LogP contribution in [0.3, 0.4) is 0 Å². The second-order valence-electron chi connectivity index (χ2n) is 4.36. The van der Waals surface area contributed by atoms with E-state index in [2.05, 4.69) is 16.8 Å². The van der Waals surface area contributed by atoms with Crippen LogP contribution < -0.4 is 9.91 Å². The van der Waals surface area contributed by atoms with E-state index in [0.717, 1.165) is 0 Å². The molecule has 0 amide bonds. The predicted octanol–water partition coefficient (Wildman–Crippen LogP) is 1.78. The van der Waals surface area contributed by atoms with Crippen LogP contribution in [0.2, 0.25) is 0 Å². The number of morpholine rings is 1. The average molecular weight is 291 g/mol. The van der Waals surface area contributed by atoms with Crippen molar-refractivity contribution >= 4 is 23.9 Å². The molecule has 1 aliphatic rings. The molecule has 0 N–H and O–H groups in total. The molecule has 1 saturated heterocycles. The molecular weight excluding hydrogens is 274 g/mol. The topological polar surface area (TPSA) is 84.1 Å². The Morgan fingerprint density at radius 3 is 2.86 bits per heavy atom. The van der Waals surface area contributed by atoms with Crippen LogP contribution in [0.1, 0.15) is 6.92 Å². The average Bonchev–Trinajstić information content (AvgIpc) is 2.53. The standard InChI is InChI=1S/C13H17N5O3/c1-3-4-17(14-2)12-9-11(18(19)20)10-15-13(12)16-5-7-21-8-6-16/h3-4,9-10H,2,5-8H2,1H3/b4-3-. The molecule has 1 aromatic rings. The maximum absolute atomic E-state index is 11.0. The molecule has 0 atom stereocenters. The molecule has 8 nitrogen and oxygen atoms in total. The molecule has 0 aromatic carbocycles. The molecule has 1 fully saturated rings. The van der Waals surface area contributed by atoms with Crippen molar-refractivity contribution < 1.29 is 9.66 Å². The molecule has 0 radical (unpaired) electrons. The number of pyridine rings is 1. The van der Waals surface area contributed by atoms with Gasteiger partial charge in [0.25, 0.3) is 5.69 Å². The first-order valence-electron chi connectivity index (χ1n) is 6.53. The van der Waals surface area contributed by atoms with Crippen LogP contribution >= 0.6 is 0 Å². The van der Waals surface area contributed by atoms with Crippen molar-refractivity contribution in [3.63, 3.8) is 0 Å². The summed E-state index contributed by atoms with van der Waals surface area (Å²) in [5.41, 5.74) is 0.444. The molecular formula is C13H17N5O3. The van der Waals surface area contributed by atoms with Gasteiger partial charge in [-0.05, 0) is 6.92 Å². The minimum atomic E-state index is -0.476. The van der Waals surface area contributed by atoms with E-state index in [9.17, 15) is 10.1 Å². The molecule has 8 heteroatoms. The summed E-state index contributed by atoms with van der Waals surface area (Å²) < 4.78 is 5.32. The number of allylic oxidation sites excluding steroid dienone is 1. The summed E-state index contributed by atoms with van der Waals surface area (Å²) in [5.74, 6) is 0.634. The molecule has 0 aliphatic carbocycles. The van der Waals surface area contributed by atoms with Crippen molar-refractivity contribution in [3.05, 3.63) is 34.7 Å². The number of anilines is 2. The number of rotatable bonds is 5. The van der Waals surface area contributed by atoms with Crippen LogP contribution in [-0.4, -0.2) is 42.9 Å². The second kappa shape index (κ2) is 6.80. The first-order chi connectivity index (χ1) is 10.2. The van der Waals surface area contributed by atoms with Gasteiger partial charge in [-0.2, -0.15) is 5.10 Å². The lowest BCUT2D eigenvalue weighted by atomic mass is 10.3. The van der Waals surface area contributed by atoms with Crippen LogP contribution in [0, 0.1) is 10.1 Å². The molecule has 2 heterocycles. The normalized spacial score (nSPS) is 15.2. The summed E-state index contributed by atoms with van der Waals surface area (Å²) in [4.78, 5) is 16.7. The lowest BCUT2D eigenvalue weighted by molar-refractivity contribution is -0.385. The number of hydrazone groups is 1. The zero-order valence-corrected chi connectivity index (χ0v) is 11.8. The van der Waals surface area contributed by atoms with Crippen LogP contribution in [-0.2, 0) is 4.74 Å². The Balaban J connectivity index is 2.46. The number of nitrogens with zero attached hydrogens (tertiary/aromatic N) is 5. The third-order valence-electron chi connectivity index (χ3n) is 3.04. The van der Waals surface area contributed by atoms with E-state index in [1.807, 2.05) is 11.8 Å². The van der Waals surface area contributed by atoms with Gasteiger partial charge in [0, 0.05) is 32.1 Å². The van der Waals surface area contributed by atoms with E-state index in [4.69, 9.17) is 4.74 Å². The lowest BCUT2D eigenvalue weighted by Crippen LogP contribution is -2.37. The van der Waals surface area contributed by atoms with Gasteiger partial charge in [0.15, 0.2) is 5.82 Å². The Hall–Kier alpha value is -2.48. The van der Waals surface area contributed by atoms with Gasteiger partial charge in [0.05, 0.1) is 18.1 Å². The Bertz CT molecular complexity index is 555. The highest BCUT2D eigenvalue weighted by molar-refractivity contribution is 5.71. The monoisotopic (exact) mass is 291 g/mol. The molecule has 112 valence electrons. The lowest BCUT2D eigenvalue weighted by Gasteiger charge is -2.30. The van der Waals surface area contributed by atoms with E-state index in [-0.39, 0.29) is 5.69 Å². The maximum Gasteiger partial charge on any atom is 0.289 e. The van der Waals surface area contributed by atoms with E-state index < -0.39 is 4.92 Å². The minimum Gasteiger partial charge on any atom is -0.378 e. The fourth-order valence-corrected chi connectivity index (χ4v) is 2.07. The highest BCUT2D eigenvalue weighted by Gasteiger charge is 2.22. The van der Waals surface area contributed by atoms with Gasteiger partial charge in [-0.1, -0.05) is 6.08 Å². The molecule has 21 heavy (non-hydrogen) atoms.